The number of hydrogen-bond acceptors (Lipinski definition) is 5. The molecule has 0 unspecified atom stereocenters. The van der Waals surface area contributed by atoms with Crippen LogP contribution in [0, 0.1) is 13.8 Å². The topological polar surface area (TPSA) is 98.4 Å². The second-order valence-electron chi connectivity index (χ2n) is 8.28. The number of aromatic amines is 1. The highest BCUT2D eigenvalue weighted by molar-refractivity contribution is 5.76. The predicted octanol–water partition coefficient (Wildman–Crippen LogP) is 3.59. The molecule has 3 aromatic heterocycles. The standard InChI is InChI=1S/C25H26N6O3/c1-16-17(2)31-21-22(29(3)25(33)28-23(21)32)27-24(31)30(16)15-7-14-26-18-10-12-20(13-11-18)34-19-8-5-4-6-9-19/h4-6,8-13,26H,7,14-15H2,1-3H3,(H,28,32,33). The number of rotatable bonds is 7. The average Bonchev–Trinajstić information content (AvgIpc) is 3.33. The number of nitrogens with zero attached hydrogens (tertiary/aromatic N) is 4. The maximum Gasteiger partial charge on any atom is 0.329 e. The largest absolute Gasteiger partial charge is 0.457 e. The minimum atomic E-state index is -0.469. The van der Waals surface area contributed by atoms with Crippen molar-refractivity contribution in [2.75, 3.05) is 11.9 Å². The van der Waals surface area contributed by atoms with E-state index in [-0.39, 0.29) is 0 Å². The number of aromatic nitrogens is 5. The van der Waals surface area contributed by atoms with Gasteiger partial charge in [-0.05, 0) is 56.7 Å². The van der Waals surface area contributed by atoms with E-state index >= 15 is 0 Å². The predicted molar refractivity (Wildman–Crippen MR) is 132 cm³/mol. The molecular weight excluding hydrogens is 432 g/mol. The highest BCUT2D eigenvalue weighted by Gasteiger charge is 2.20. The van der Waals surface area contributed by atoms with E-state index < -0.39 is 11.2 Å². The zero-order chi connectivity index (χ0) is 23.8. The van der Waals surface area contributed by atoms with Crippen LogP contribution in [0.25, 0.3) is 16.9 Å². The zero-order valence-corrected chi connectivity index (χ0v) is 19.3. The molecule has 9 nitrogen and oxygen atoms in total. The molecule has 3 heterocycles. The molecule has 0 bridgehead atoms. The van der Waals surface area contributed by atoms with Crippen LogP contribution < -0.4 is 21.3 Å². The molecule has 2 N–H and O–H groups in total. The SMILES string of the molecule is Cc1c(C)n2c3c(=O)[nH]c(=O)n(C)c3nc2n1CCCNc1ccc(Oc2ccccc2)cc1. The second-order valence-corrected chi connectivity index (χ2v) is 8.28. The maximum absolute atomic E-state index is 12.5. The Morgan fingerprint density at radius 3 is 2.41 bits per heavy atom. The lowest BCUT2D eigenvalue weighted by Crippen LogP contribution is -2.28. The van der Waals surface area contributed by atoms with Gasteiger partial charge in [0.2, 0.25) is 5.78 Å². The van der Waals surface area contributed by atoms with E-state index in [1.807, 2.05) is 72.8 Å². The second kappa shape index (κ2) is 8.58. The minimum Gasteiger partial charge on any atom is -0.457 e. The molecule has 0 saturated heterocycles. The summed E-state index contributed by atoms with van der Waals surface area (Å²) in [6.07, 6.45) is 0.853. The number of para-hydroxylation sites is 1. The zero-order valence-electron chi connectivity index (χ0n) is 19.3. The van der Waals surface area contributed by atoms with Crippen molar-refractivity contribution < 1.29 is 4.74 Å². The van der Waals surface area contributed by atoms with Crippen LogP contribution in [0.2, 0.25) is 0 Å². The fraction of sp³-hybridized carbons (Fsp3) is 0.240. The van der Waals surface area contributed by atoms with Crippen LogP contribution in [0.1, 0.15) is 17.8 Å². The van der Waals surface area contributed by atoms with Gasteiger partial charge in [0, 0.05) is 37.2 Å². The van der Waals surface area contributed by atoms with Gasteiger partial charge in [0.1, 0.15) is 11.5 Å². The molecule has 0 amide bonds. The number of hydrogen-bond donors (Lipinski definition) is 2. The lowest BCUT2D eigenvalue weighted by atomic mass is 10.3. The van der Waals surface area contributed by atoms with Gasteiger partial charge >= 0.3 is 5.69 Å². The van der Waals surface area contributed by atoms with Gasteiger partial charge in [-0.25, -0.2) is 4.79 Å². The molecule has 0 atom stereocenters. The Balaban J connectivity index is 1.28. The van der Waals surface area contributed by atoms with Crippen LogP contribution in [0.4, 0.5) is 5.69 Å². The Kier molecular flexibility index (Phi) is 5.45. The summed E-state index contributed by atoms with van der Waals surface area (Å²) < 4.78 is 11.1. The Bertz CT molecular complexity index is 1590. The quantitative estimate of drug-likeness (QED) is 0.363. The van der Waals surface area contributed by atoms with Crippen LogP contribution in [0.5, 0.6) is 11.5 Å². The van der Waals surface area contributed by atoms with Gasteiger partial charge < -0.3 is 14.6 Å². The summed E-state index contributed by atoms with van der Waals surface area (Å²) in [6, 6.07) is 17.6. The highest BCUT2D eigenvalue weighted by atomic mass is 16.5. The van der Waals surface area contributed by atoms with Gasteiger partial charge in [0.25, 0.3) is 5.56 Å². The first-order valence-corrected chi connectivity index (χ1v) is 11.2. The number of H-pyrrole nitrogens is 1. The van der Waals surface area contributed by atoms with Crippen molar-refractivity contribution in [1.29, 1.82) is 0 Å². The third-order valence-corrected chi connectivity index (χ3v) is 6.13. The number of aryl methyl sites for hydroxylation is 3. The van der Waals surface area contributed by atoms with Crippen LogP contribution in [-0.2, 0) is 13.6 Å². The van der Waals surface area contributed by atoms with E-state index in [1.165, 1.54) is 4.57 Å². The van der Waals surface area contributed by atoms with Gasteiger partial charge in [0.15, 0.2) is 11.2 Å². The summed E-state index contributed by atoms with van der Waals surface area (Å²) in [4.78, 5) is 31.5. The Morgan fingerprint density at radius 2 is 1.68 bits per heavy atom. The lowest BCUT2D eigenvalue weighted by Gasteiger charge is -2.10. The van der Waals surface area contributed by atoms with Gasteiger partial charge in [-0.3, -0.25) is 18.7 Å². The monoisotopic (exact) mass is 458 g/mol. The van der Waals surface area contributed by atoms with Crippen molar-refractivity contribution in [2.45, 2.75) is 26.8 Å². The fourth-order valence-corrected chi connectivity index (χ4v) is 4.18. The average molecular weight is 459 g/mol. The molecule has 174 valence electrons. The Morgan fingerprint density at radius 1 is 0.971 bits per heavy atom. The van der Waals surface area contributed by atoms with E-state index in [1.54, 1.807) is 7.05 Å². The van der Waals surface area contributed by atoms with Crippen LogP contribution in [0.3, 0.4) is 0 Å². The first kappa shape index (κ1) is 21.6. The van der Waals surface area contributed by atoms with E-state index in [9.17, 15) is 9.59 Å². The number of imidazole rings is 2. The first-order chi connectivity index (χ1) is 16.4. The Labute approximate surface area is 195 Å². The lowest BCUT2D eigenvalue weighted by molar-refractivity contribution is 0.483. The molecule has 0 aliphatic heterocycles. The van der Waals surface area contributed by atoms with E-state index in [0.717, 1.165) is 48.1 Å². The maximum atomic E-state index is 12.5. The minimum absolute atomic E-state index is 0.386. The van der Waals surface area contributed by atoms with Crippen LogP contribution in [-0.4, -0.2) is 30.0 Å². The van der Waals surface area contributed by atoms with Crippen LogP contribution in [0.15, 0.2) is 64.2 Å². The number of fused-ring (bicyclic) bond motifs is 3. The Hall–Kier alpha value is -4.27. The molecule has 0 aliphatic carbocycles. The molecule has 9 heteroatoms. The molecule has 5 aromatic rings. The normalized spacial score (nSPS) is 11.4. The van der Waals surface area contributed by atoms with Gasteiger partial charge in [-0.1, -0.05) is 18.2 Å². The number of ether oxygens (including phenoxy) is 1. The van der Waals surface area contributed by atoms with Crippen molar-refractivity contribution in [1.82, 2.24) is 23.5 Å². The summed E-state index contributed by atoms with van der Waals surface area (Å²) in [7, 11) is 1.61. The van der Waals surface area contributed by atoms with Crippen molar-refractivity contribution in [3.63, 3.8) is 0 Å². The van der Waals surface area contributed by atoms with Gasteiger partial charge in [0.05, 0.1) is 0 Å². The van der Waals surface area contributed by atoms with Crippen LogP contribution >= 0.6 is 0 Å². The van der Waals surface area contributed by atoms with Crippen molar-refractivity contribution in [2.24, 2.45) is 7.05 Å². The third-order valence-electron chi connectivity index (χ3n) is 6.13. The first-order valence-electron chi connectivity index (χ1n) is 11.2. The summed E-state index contributed by atoms with van der Waals surface area (Å²) >= 11 is 0. The summed E-state index contributed by atoms with van der Waals surface area (Å²) in [6.45, 7) is 5.47. The molecule has 0 fully saturated rings. The highest BCUT2D eigenvalue weighted by Crippen LogP contribution is 2.23. The van der Waals surface area contributed by atoms with Gasteiger partial charge in [-0.2, -0.15) is 4.98 Å². The third kappa shape index (κ3) is 3.75. The fourth-order valence-electron chi connectivity index (χ4n) is 4.18. The molecular formula is C25H26N6O3. The number of nitrogens with one attached hydrogen (secondary N) is 2. The molecule has 5 rings (SSSR count). The van der Waals surface area contributed by atoms with Crippen molar-refractivity contribution in [3.05, 3.63) is 86.8 Å². The molecule has 34 heavy (non-hydrogen) atoms. The van der Waals surface area contributed by atoms with E-state index in [2.05, 4.69) is 19.9 Å². The molecule has 0 aliphatic rings. The summed E-state index contributed by atoms with van der Waals surface area (Å²) in [5.41, 5.74) is 2.88. The smallest absolute Gasteiger partial charge is 0.329 e. The molecule has 2 aromatic carbocycles. The molecule has 0 spiro atoms. The van der Waals surface area contributed by atoms with Gasteiger partial charge in [-0.15, -0.1) is 0 Å². The molecule has 0 radical (unpaired) electrons. The summed E-state index contributed by atoms with van der Waals surface area (Å²) in [5.74, 6) is 2.26. The molecule has 0 saturated carbocycles. The number of anilines is 1. The number of benzene rings is 2. The van der Waals surface area contributed by atoms with E-state index in [4.69, 9.17) is 4.74 Å². The van der Waals surface area contributed by atoms with E-state index in [0.29, 0.717) is 16.9 Å². The summed E-state index contributed by atoms with van der Waals surface area (Å²) in [5, 5.41) is 3.44. The van der Waals surface area contributed by atoms with Crippen molar-refractivity contribution in [3.8, 4) is 11.5 Å². The van der Waals surface area contributed by atoms with Crippen molar-refractivity contribution >= 4 is 22.6 Å².